The van der Waals surface area contributed by atoms with Gasteiger partial charge >= 0.3 is 0 Å². The predicted molar refractivity (Wildman–Crippen MR) is 116 cm³/mol. The molecular formula is C23H28N4O. The first-order valence-electron chi connectivity index (χ1n) is 9.67. The standard InChI is InChI=1S/C23H28N4O/c1-5-19-10-6-8-16(2)22(19)27-23-25-17(3)14-21(26-23)24-13-12-18-9-7-11-20(15-18)28-4/h6-11,14-15H,5,12-13H2,1-4H3,(H2,24,25,26,27). The van der Waals surface area contributed by atoms with E-state index >= 15 is 0 Å². The Kier molecular flexibility index (Phi) is 6.48. The van der Waals surface area contributed by atoms with Crippen LogP contribution in [0.25, 0.3) is 0 Å². The summed E-state index contributed by atoms with van der Waals surface area (Å²) in [6.45, 7) is 7.03. The molecule has 1 heterocycles. The number of rotatable bonds is 8. The summed E-state index contributed by atoms with van der Waals surface area (Å²) in [5, 5.41) is 6.83. The smallest absolute Gasteiger partial charge is 0.229 e. The van der Waals surface area contributed by atoms with E-state index < -0.39 is 0 Å². The summed E-state index contributed by atoms with van der Waals surface area (Å²) in [4.78, 5) is 9.21. The third-order valence-electron chi connectivity index (χ3n) is 4.68. The van der Waals surface area contributed by atoms with E-state index in [1.54, 1.807) is 7.11 Å². The Morgan fingerprint density at radius 2 is 1.82 bits per heavy atom. The molecule has 5 nitrogen and oxygen atoms in total. The topological polar surface area (TPSA) is 59.1 Å². The minimum atomic E-state index is 0.618. The zero-order valence-corrected chi connectivity index (χ0v) is 17.0. The predicted octanol–water partition coefficient (Wildman–Crippen LogP) is 5.06. The van der Waals surface area contributed by atoms with E-state index in [4.69, 9.17) is 4.74 Å². The second kappa shape index (κ2) is 9.22. The lowest BCUT2D eigenvalue weighted by molar-refractivity contribution is 0.414. The van der Waals surface area contributed by atoms with E-state index in [2.05, 4.69) is 64.8 Å². The van der Waals surface area contributed by atoms with Gasteiger partial charge in [-0.05, 0) is 55.5 Å². The van der Waals surface area contributed by atoms with Crippen LogP contribution in [0.3, 0.4) is 0 Å². The van der Waals surface area contributed by atoms with Crippen LogP contribution in [-0.2, 0) is 12.8 Å². The van der Waals surface area contributed by atoms with Crippen molar-refractivity contribution in [1.29, 1.82) is 0 Å². The molecule has 0 bridgehead atoms. The maximum absolute atomic E-state index is 5.29. The first-order chi connectivity index (χ1) is 13.6. The number of anilines is 3. The highest BCUT2D eigenvalue weighted by molar-refractivity contribution is 5.64. The first kappa shape index (κ1) is 19.7. The van der Waals surface area contributed by atoms with Crippen LogP contribution in [0, 0.1) is 13.8 Å². The molecule has 2 N–H and O–H groups in total. The molecule has 0 unspecified atom stereocenters. The average Bonchev–Trinajstić information content (AvgIpc) is 2.69. The van der Waals surface area contributed by atoms with E-state index in [0.29, 0.717) is 5.95 Å². The monoisotopic (exact) mass is 376 g/mol. The van der Waals surface area contributed by atoms with Crippen molar-refractivity contribution in [2.45, 2.75) is 33.6 Å². The van der Waals surface area contributed by atoms with Gasteiger partial charge in [-0.2, -0.15) is 4.98 Å². The summed E-state index contributed by atoms with van der Waals surface area (Å²) < 4.78 is 5.29. The number of aromatic nitrogens is 2. The molecular weight excluding hydrogens is 348 g/mol. The van der Waals surface area contributed by atoms with Crippen LogP contribution in [0.4, 0.5) is 17.5 Å². The van der Waals surface area contributed by atoms with E-state index in [0.717, 1.165) is 42.3 Å². The van der Waals surface area contributed by atoms with Crippen LogP contribution in [-0.4, -0.2) is 23.6 Å². The molecule has 0 spiro atoms. The summed E-state index contributed by atoms with van der Waals surface area (Å²) in [7, 11) is 1.69. The van der Waals surface area contributed by atoms with Crippen molar-refractivity contribution in [3.05, 3.63) is 70.9 Å². The van der Waals surface area contributed by atoms with Crippen molar-refractivity contribution in [3.8, 4) is 5.75 Å². The summed E-state index contributed by atoms with van der Waals surface area (Å²) in [5.74, 6) is 2.32. The largest absolute Gasteiger partial charge is 0.497 e. The van der Waals surface area contributed by atoms with Gasteiger partial charge in [0, 0.05) is 24.0 Å². The highest BCUT2D eigenvalue weighted by Crippen LogP contribution is 2.24. The number of ether oxygens (including phenoxy) is 1. The Bertz CT molecular complexity index is 940. The number of nitrogens with zero attached hydrogens (tertiary/aromatic N) is 2. The molecule has 5 heteroatoms. The van der Waals surface area contributed by atoms with Crippen LogP contribution in [0.1, 0.15) is 29.3 Å². The van der Waals surface area contributed by atoms with Crippen LogP contribution < -0.4 is 15.4 Å². The van der Waals surface area contributed by atoms with Crippen molar-refractivity contribution < 1.29 is 4.74 Å². The van der Waals surface area contributed by atoms with Crippen molar-refractivity contribution >= 4 is 17.5 Å². The highest BCUT2D eigenvalue weighted by Gasteiger charge is 2.08. The van der Waals surface area contributed by atoms with E-state index in [1.165, 1.54) is 16.7 Å². The molecule has 3 rings (SSSR count). The number of nitrogens with one attached hydrogen (secondary N) is 2. The second-order valence-electron chi connectivity index (χ2n) is 6.83. The van der Waals surface area contributed by atoms with Gasteiger partial charge < -0.3 is 15.4 Å². The van der Waals surface area contributed by atoms with Crippen molar-refractivity contribution in [2.24, 2.45) is 0 Å². The zero-order valence-electron chi connectivity index (χ0n) is 17.0. The number of hydrogen-bond acceptors (Lipinski definition) is 5. The molecule has 0 saturated carbocycles. The van der Waals surface area contributed by atoms with Crippen molar-refractivity contribution in [2.75, 3.05) is 24.3 Å². The molecule has 3 aromatic rings. The molecule has 146 valence electrons. The van der Waals surface area contributed by atoms with Gasteiger partial charge in [-0.15, -0.1) is 0 Å². The molecule has 0 radical (unpaired) electrons. The number of benzene rings is 2. The summed E-state index contributed by atoms with van der Waals surface area (Å²) in [6, 6.07) is 16.4. The lowest BCUT2D eigenvalue weighted by atomic mass is 10.1. The van der Waals surface area contributed by atoms with Gasteiger partial charge in [-0.3, -0.25) is 0 Å². The molecule has 0 aliphatic carbocycles. The molecule has 1 aromatic heterocycles. The molecule has 0 amide bonds. The first-order valence-corrected chi connectivity index (χ1v) is 9.67. The number of aryl methyl sites for hydroxylation is 3. The molecule has 0 aliphatic heterocycles. The number of methoxy groups -OCH3 is 1. The Morgan fingerprint density at radius 3 is 2.61 bits per heavy atom. The molecule has 0 atom stereocenters. The average molecular weight is 377 g/mol. The minimum Gasteiger partial charge on any atom is -0.497 e. The fourth-order valence-corrected chi connectivity index (χ4v) is 3.19. The Morgan fingerprint density at radius 1 is 1.00 bits per heavy atom. The Labute approximate surface area is 167 Å². The fraction of sp³-hybridized carbons (Fsp3) is 0.304. The summed E-state index contributed by atoms with van der Waals surface area (Å²) >= 11 is 0. The summed E-state index contributed by atoms with van der Waals surface area (Å²) in [6.07, 6.45) is 1.85. The second-order valence-corrected chi connectivity index (χ2v) is 6.83. The highest BCUT2D eigenvalue weighted by atomic mass is 16.5. The lowest BCUT2D eigenvalue weighted by Gasteiger charge is -2.14. The molecule has 28 heavy (non-hydrogen) atoms. The van der Waals surface area contributed by atoms with Crippen LogP contribution >= 0.6 is 0 Å². The van der Waals surface area contributed by atoms with Gasteiger partial charge in [0.05, 0.1) is 7.11 Å². The third kappa shape index (κ3) is 5.00. The van der Waals surface area contributed by atoms with Crippen molar-refractivity contribution in [3.63, 3.8) is 0 Å². The normalized spacial score (nSPS) is 10.6. The Hall–Kier alpha value is -3.08. The van der Waals surface area contributed by atoms with E-state index in [9.17, 15) is 0 Å². The minimum absolute atomic E-state index is 0.618. The SMILES string of the molecule is CCc1cccc(C)c1Nc1nc(C)cc(NCCc2cccc(OC)c2)n1. The molecule has 0 fully saturated rings. The van der Waals surface area contributed by atoms with Crippen LogP contribution in [0.5, 0.6) is 5.75 Å². The van der Waals surface area contributed by atoms with Gasteiger partial charge in [0.2, 0.25) is 5.95 Å². The Balaban J connectivity index is 1.70. The van der Waals surface area contributed by atoms with Gasteiger partial charge in [-0.1, -0.05) is 37.3 Å². The maximum Gasteiger partial charge on any atom is 0.229 e. The quantitative estimate of drug-likeness (QED) is 0.575. The molecule has 2 aromatic carbocycles. The van der Waals surface area contributed by atoms with E-state index in [1.807, 2.05) is 25.1 Å². The van der Waals surface area contributed by atoms with Gasteiger partial charge in [0.25, 0.3) is 0 Å². The molecule has 0 saturated heterocycles. The third-order valence-corrected chi connectivity index (χ3v) is 4.68. The van der Waals surface area contributed by atoms with Gasteiger partial charge in [0.1, 0.15) is 11.6 Å². The lowest BCUT2D eigenvalue weighted by Crippen LogP contribution is -2.09. The van der Waals surface area contributed by atoms with Crippen LogP contribution in [0.15, 0.2) is 48.5 Å². The van der Waals surface area contributed by atoms with Crippen LogP contribution in [0.2, 0.25) is 0 Å². The number of para-hydroxylation sites is 1. The van der Waals surface area contributed by atoms with Gasteiger partial charge in [0.15, 0.2) is 0 Å². The maximum atomic E-state index is 5.29. The molecule has 0 aliphatic rings. The fourth-order valence-electron chi connectivity index (χ4n) is 3.19. The van der Waals surface area contributed by atoms with Gasteiger partial charge in [-0.25, -0.2) is 4.98 Å². The van der Waals surface area contributed by atoms with Crippen molar-refractivity contribution in [1.82, 2.24) is 9.97 Å². The number of hydrogen-bond donors (Lipinski definition) is 2. The summed E-state index contributed by atoms with van der Waals surface area (Å²) in [5.41, 5.74) is 5.70. The zero-order chi connectivity index (χ0) is 19.9. The van der Waals surface area contributed by atoms with E-state index in [-0.39, 0.29) is 0 Å².